The van der Waals surface area contributed by atoms with E-state index < -0.39 is 12.1 Å². The van der Waals surface area contributed by atoms with Gasteiger partial charge in [-0.3, -0.25) is 9.48 Å². The lowest BCUT2D eigenvalue weighted by molar-refractivity contribution is -0.118. The first-order valence-corrected chi connectivity index (χ1v) is 9.91. The molecule has 4 aromatic rings. The monoisotopic (exact) mass is 417 g/mol. The lowest BCUT2D eigenvalue weighted by Crippen LogP contribution is -2.45. The fourth-order valence-electron chi connectivity index (χ4n) is 3.33. The van der Waals surface area contributed by atoms with E-state index in [9.17, 15) is 9.59 Å². The van der Waals surface area contributed by atoms with Gasteiger partial charge in [-0.15, -0.1) is 0 Å². The number of ether oxygens (including phenoxy) is 1. The second kappa shape index (κ2) is 9.17. The van der Waals surface area contributed by atoms with Crippen molar-refractivity contribution in [1.29, 1.82) is 0 Å². The van der Waals surface area contributed by atoms with E-state index in [1.54, 1.807) is 24.0 Å². The number of para-hydroxylation sites is 1. The minimum atomic E-state index is -0.843. The molecule has 2 aromatic heterocycles. The molecule has 4 rings (SSSR count). The topological polar surface area (TPSA) is 101 Å². The molecule has 0 spiro atoms. The molecule has 0 aliphatic heterocycles. The van der Waals surface area contributed by atoms with Crippen molar-refractivity contribution in [3.63, 3.8) is 0 Å². The van der Waals surface area contributed by atoms with Crippen LogP contribution < -0.4 is 10.6 Å². The van der Waals surface area contributed by atoms with Crippen molar-refractivity contribution in [3.8, 4) is 0 Å². The molecule has 0 saturated carbocycles. The maximum Gasteiger partial charge on any atom is 0.408 e. The summed E-state index contributed by atoms with van der Waals surface area (Å²) in [6, 6.07) is 18.0. The third-order valence-corrected chi connectivity index (χ3v) is 4.89. The normalized spacial score (nSPS) is 11.8. The highest BCUT2D eigenvalue weighted by atomic mass is 16.5. The number of hydrogen-bond acceptors (Lipinski definition) is 4. The van der Waals surface area contributed by atoms with Gasteiger partial charge < -0.3 is 20.4 Å². The molecule has 31 heavy (non-hydrogen) atoms. The molecule has 0 fully saturated rings. The summed E-state index contributed by atoms with van der Waals surface area (Å²) in [6.45, 7) is 0.119. The Balaban J connectivity index is 1.48. The molecule has 1 unspecified atom stereocenters. The zero-order chi connectivity index (χ0) is 21.6. The standard InChI is InChI=1S/C23H23N5O3/c1-28-12-11-21(27-28)26-22(29)20(13-17-14-24-19-10-6-5-9-18(17)19)25-23(30)31-15-16-7-3-2-4-8-16/h2-12,14,20,24H,13,15H2,1H3,(H,25,30)(H,26,27,29). The third kappa shape index (κ3) is 5.11. The van der Waals surface area contributed by atoms with Crippen LogP contribution in [0.4, 0.5) is 10.6 Å². The Morgan fingerprint density at radius 1 is 1.10 bits per heavy atom. The van der Waals surface area contributed by atoms with E-state index in [-0.39, 0.29) is 12.5 Å². The van der Waals surface area contributed by atoms with Crippen LogP contribution in [0.25, 0.3) is 10.9 Å². The molecule has 2 aromatic carbocycles. The Kier molecular flexibility index (Phi) is 5.98. The second-order valence-electron chi connectivity index (χ2n) is 7.19. The second-order valence-corrected chi connectivity index (χ2v) is 7.19. The van der Waals surface area contributed by atoms with Gasteiger partial charge in [-0.05, 0) is 17.2 Å². The van der Waals surface area contributed by atoms with Gasteiger partial charge in [0.2, 0.25) is 5.91 Å². The summed E-state index contributed by atoms with van der Waals surface area (Å²) in [4.78, 5) is 28.6. The Bertz CT molecular complexity index is 1180. The Morgan fingerprint density at radius 2 is 1.87 bits per heavy atom. The van der Waals surface area contributed by atoms with E-state index in [1.807, 2.05) is 60.8 Å². The Labute approximate surface area is 179 Å². The van der Waals surface area contributed by atoms with E-state index >= 15 is 0 Å². The largest absolute Gasteiger partial charge is 0.445 e. The maximum atomic E-state index is 13.0. The molecule has 0 bridgehead atoms. The van der Waals surface area contributed by atoms with Crippen LogP contribution in [-0.2, 0) is 29.6 Å². The van der Waals surface area contributed by atoms with E-state index in [4.69, 9.17) is 4.74 Å². The molecule has 0 aliphatic rings. The number of aryl methyl sites for hydroxylation is 1. The van der Waals surface area contributed by atoms with Crippen molar-refractivity contribution < 1.29 is 14.3 Å². The molecule has 0 saturated heterocycles. The van der Waals surface area contributed by atoms with Gasteiger partial charge in [0.25, 0.3) is 0 Å². The highest BCUT2D eigenvalue weighted by Gasteiger charge is 2.24. The summed E-state index contributed by atoms with van der Waals surface area (Å²) in [6.07, 6.45) is 3.21. The van der Waals surface area contributed by atoms with Gasteiger partial charge in [0.05, 0.1) is 0 Å². The number of hydrogen-bond donors (Lipinski definition) is 3. The van der Waals surface area contributed by atoms with Crippen molar-refractivity contribution >= 4 is 28.7 Å². The molecule has 158 valence electrons. The van der Waals surface area contributed by atoms with Gasteiger partial charge in [0.1, 0.15) is 12.6 Å². The smallest absolute Gasteiger partial charge is 0.408 e. The van der Waals surface area contributed by atoms with Crippen LogP contribution in [0.15, 0.2) is 73.1 Å². The average Bonchev–Trinajstić information content (AvgIpc) is 3.38. The number of rotatable bonds is 7. The quantitative estimate of drug-likeness (QED) is 0.429. The van der Waals surface area contributed by atoms with Crippen LogP contribution in [0.1, 0.15) is 11.1 Å². The maximum absolute atomic E-state index is 13.0. The number of amides is 2. The highest BCUT2D eigenvalue weighted by molar-refractivity contribution is 5.96. The first-order valence-electron chi connectivity index (χ1n) is 9.91. The minimum absolute atomic E-state index is 0.119. The Hall–Kier alpha value is -4.07. The third-order valence-electron chi connectivity index (χ3n) is 4.89. The first kappa shape index (κ1) is 20.2. The van der Waals surface area contributed by atoms with Crippen molar-refractivity contribution in [2.24, 2.45) is 7.05 Å². The number of aromatic nitrogens is 3. The van der Waals surface area contributed by atoms with Crippen LogP contribution in [0.3, 0.4) is 0 Å². The average molecular weight is 417 g/mol. The van der Waals surface area contributed by atoms with Crippen LogP contribution in [0.2, 0.25) is 0 Å². The fraction of sp³-hybridized carbons (Fsp3) is 0.174. The SMILES string of the molecule is Cn1ccc(NC(=O)C(Cc2c[nH]c3ccccc23)NC(=O)OCc2ccccc2)n1. The number of benzene rings is 2. The van der Waals surface area contributed by atoms with Gasteiger partial charge in [0.15, 0.2) is 5.82 Å². The lowest BCUT2D eigenvalue weighted by Gasteiger charge is -2.17. The molecular formula is C23H23N5O3. The summed E-state index contributed by atoms with van der Waals surface area (Å²) >= 11 is 0. The van der Waals surface area contributed by atoms with Gasteiger partial charge in [-0.1, -0.05) is 48.5 Å². The number of carbonyl (C=O) groups is 2. The summed E-state index contributed by atoms with van der Waals surface area (Å²) in [5.74, 6) is 0.0384. The fourth-order valence-corrected chi connectivity index (χ4v) is 3.33. The highest BCUT2D eigenvalue weighted by Crippen LogP contribution is 2.19. The Morgan fingerprint density at radius 3 is 2.65 bits per heavy atom. The first-order chi connectivity index (χ1) is 15.1. The number of aromatic amines is 1. The number of nitrogens with zero attached hydrogens (tertiary/aromatic N) is 2. The number of H-pyrrole nitrogens is 1. The van der Waals surface area contributed by atoms with Crippen molar-refractivity contribution in [2.45, 2.75) is 19.1 Å². The molecule has 0 radical (unpaired) electrons. The van der Waals surface area contributed by atoms with Gasteiger partial charge in [0, 0.05) is 42.8 Å². The molecular weight excluding hydrogens is 394 g/mol. The number of fused-ring (bicyclic) bond motifs is 1. The van der Waals surface area contributed by atoms with Crippen LogP contribution in [0.5, 0.6) is 0 Å². The predicted octanol–water partition coefficient (Wildman–Crippen LogP) is 3.38. The molecule has 1 atom stereocenters. The number of alkyl carbamates (subject to hydrolysis) is 1. The predicted molar refractivity (Wildman–Crippen MR) is 117 cm³/mol. The van der Waals surface area contributed by atoms with Gasteiger partial charge >= 0.3 is 6.09 Å². The summed E-state index contributed by atoms with van der Waals surface area (Å²) in [5, 5.41) is 10.6. The zero-order valence-electron chi connectivity index (χ0n) is 17.0. The lowest BCUT2D eigenvalue weighted by atomic mass is 10.0. The number of nitrogens with one attached hydrogen (secondary N) is 3. The van der Waals surface area contributed by atoms with Crippen molar-refractivity contribution in [1.82, 2.24) is 20.1 Å². The van der Waals surface area contributed by atoms with Crippen LogP contribution in [0, 0.1) is 0 Å². The molecule has 8 heteroatoms. The summed E-state index contributed by atoms with van der Waals surface area (Å²) in [5.41, 5.74) is 2.75. The van der Waals surface area contributed by atoms with E-state index in [1.165, 1.54) is 0 Å². The zero-order valence-corrected chi connectivity index (χ0v) is 17.0. The number of anilines is 1. The van der Waals surface area contributed by atoms with Crippen molar-refractivity contribution in [2.75, 3.05) is 5.32 Å². The van der Waals surface area contributed by atoms with E-state index in [0.717, 1.165) is 22.0 Å². The molecule has 2 amide bonds. The molecule has 8 nitrogen and oxygen atoms in total. The molecule has 2 heterocycles. The minimum Gasteiger partial charge on any atom is -0.445 e. The molecule has 3 N–H and O–H groups in total. The number of carbonyl (C=O) groups excluding carboxylic acids is 2. The summed E-state index contributed by atoms with van der Waals surface area (Å²) in [7, 11) is 1.76. The molecule has 0 aliphatic carbocycles. The van der Waals surface area contributed by atoms with Crippen LogP contribution >= 0.6 is 0 Å². The van der Waals surface area contributed by atoms with E-state index in [0.29, 0.717) is 12.2 Å². The van der Waals surface area contributed by atoms with Gasteiger partial charge in [-0.2, -0.15) is 5.10 Å². The van der Waals surface area contributed by atoms with Crippen molar-refractivity contribution in [3.05, 3.63) is 84.2 Å². The van der Waals surface area contributed by atoms with Gasteiger partial charge in [-0.25, -0.2) is 4.79 Å². The van der Waals surface area contributed by atoms with Crippen LogP contribution in [-0.4, -0.2) is 32.8 Å². The van der Waals surface area contributed by atoms with E-state index in [2.05, 4.69) is 20.7 Å². The summed E-state index contributed by atoms with van der Waals surface area (Å²) < 4.78 is 6.90.